The van der Waals surface area contributed by atoms with Gasteiger partial charge < -0.3 is 10.2 Å². The lowest BCUT2D eigenvalue weighted by molar-refractivity contribution is -0.118. The highest BCUT2D eigenvalue weighted by molar-refractivity contribution is 6.03. The third kappa shape index (κ3) is 3.56. The first kappa shape index (κ1) is 14.9. The summed E-state index contributed by atoms with van der Waals surface area (Å²) in [6.45, 7) is 0. The van der Waals surface area contributed by atoms with E-state index in [1.54, 1.807) is 36.4 Å². The van der Waals surface area contributed by atoms with Gasteiger partial charge in [0.15, 0.2) is 4.98 Å². The Hall–Kier alpha value is -2.45. The van der Waals surface area contributed by atoms with E-state index in [0.717, 1.165) is 12.8 Å². The van der Waals surface area contributed by atoms with Crippen molar-refractivity contribution in [1.82, 2.24) is 0 Å². The normalized spacial score (nSPS) is 22.3. The van der Waals surface area contributed by atoms with Crippen LogP contribution in [0.1, 0.15) is 31.2 Å². The summed E-state index contributed by atoms with van der Waals surface area (Å²) in [7, 11) is 0. The van der Waals surface area contributed by atoms with Gasteiger partial charge in [-0.05, 0) is 19.3 Å². The van der Waals surface area contributed by atoms with Crippen molar-refractivity contribution in [2.45, 2.75) is 31.3 Å². The van der Waals surface area contributed by atoms with Crippen molar-refractivity contribution < 1.29 is 15.0 Å². The Bertz CT molecular complexity index is 629. The highest BCUT2D eigenvalue weighted by Gasteiger charge is 2.37. The summed E-state index contributed by atoms with van der Waals surface area (Å²) in [6.07, 6.45) is 5.34. The van der Waals surface area contributed by atoms with Crippen LogP contribution in [0, 0.1) is 5.39 Å². The van der Waals surface area contributed by atoms with Gasteiger partial charge in [-0.3, -0.25) is 4.79 Å². The van der Waals surface area contributed by atoms with Gasteiger partial charge >= 0.3 is 5.70 Å². The van der Waals surface area contributed by atoms with Crippen molar-refractivity contribution in [3.05, 3.63) is 58.7 Å². The van der Waals surface area contributed by atoms with E-state index in [9.17, 15) is 15.0 Å². The average molecular weight is 285 g/mol. The molecule has 1 unspecified atom stereocenters. The largest absolute Gasteiger partial charge is 0.501 e. The lowest BCUT2D eigenvalue weighted by Gasteiger charge is -2.25. The molecule has 2 N–H and O–H groups in total. The smallest absolute Gasteiger partial charge is 0.469 e. The highest BCUT2D eigenvalue weighted by atomic mass is 16.3. The lowest BCUT2D eigenvalue weighted by atomic mass is 9.86. The van der Waals surface area contributed by atoms with Crippen molar-refractivity contribution in [1.29, 1.82) is 5.39 Å². The molecule has 1 aliphatic rings. The molecule has 1 aromatic rings. The zero-order valence-corrected chi connectivity index (χ0v) is 11.6. The van der Waals surface area contributed by atoms with Crippen LogP contribution >= 0.6 is 0 Å². The quantitative estimate of drug-likeness (QED) is 0.385. The first-order chi connectivity index (χ1) is 10.1. The molecule has 0 heterocycles. The molecule has 5 nitrogen and oxygen atoms in total. The van der Waals surface area contributed by atoms with Crippen LogP contribution in [-0.4, -0.2) is 21.6 Å². The molecule has 0 amide bonds. The molecule has 21 heavy (non-hydrogen) atoms. The van der Waals surface area contributed by atoms with E-state index in [4.69, 9.17) is 5.39 Å². The van der Waals surface area contributed by atoms with Gasteiger partial charge in [-0.25, -0.2) is 0 Å². The number of diazo groups is 1. The van der Waals surface area contributed by atoms with Crippen molar-refractivity contribution in [2.75, 3.05) is 0 Å². The maximum absolute atomic E-state index is 12.2. The summed E-state index contributed by atoms with van der Waals surface area (Å²) in [4.78, 5) is 15.1. The van der Waals surface area contributed by atoms with E-state index in [2.05, 4.69) is 4.98 Å². The number of allylic oxidation sites excluding steroid dienone is 2. The van der Waals surface area contributed by atoms with E-state index in [1.807, 2.05) is 6.08 Å². The molecule has 108 valence electrons. The van der Waals surface area contributed by atoms with Crippen LogP contribution in [0.4, 0.5) is 0 Å². The molecule has 0 spiro atoms. The van der Waals surface area contributed by atoms with Crippen LogP contribution in [0.5, 0.6) is 0 Å². The van der Waals surface area contributed by atoms with E-state index in [1.165, 1.54) is 0 Å². The molecule has 1 aromatic carbocycles. The summed E-state index contributed by atoms with van der Waals surface area (Å²) in [6, 6.07) is 8.36. The minimum Gasteiger partial charge on any atom is -0.501 e. The van der Waals surface area contributed by atoms with Crippen LogP contribution in [0.2, 0.25) is 0 Å². The average Bonchev–Trinajstić information content (AvgIpc) is 2.49. The van der Waals surface area contributed by atoms with Gasteiger partial charge in [0.25, 0.3) is 5.78 Å². The molecule has 0 saturated heterocycles. The van der Waals surface area contributed by atoms with Crippen molar-refractivity contribution >= 4 is 11.5 Å². The van der Waals surface area contributed by atoms with Crippen LogP contribution in [-0.2, 0) is 4.79 Å². The third-order valence-electron chi connectivity index (χ3n) is 3.51. The molecule has 0 radical (unpaired) electrons. The van der Waals surface area contributed by atoms with Crippen LogP contribution in [0.25, 0.3) is 10.7 Å². The van der Waals surface area contributed by atoms with Gasteiger partial charge in [0.1, 0.15) is 0 Å². The number of aliphatic hydroxyl groups is 2. The predicted molar refractivity (Wildman–Crippen MR) is 78.6 cm³/mol. The predicted octanol–water partition coefficient (Wildman–Crippen LogP) is 3.20. The number of hydrogen-bond acceptors (Lipinski definition) is 4. The van der Waals surface area contributed by atoms with Crippen LogP contribution < -0.4 is 0 Å². The molecule has 5 heteroatoms. The summed E-state index contributed by atoms with van der Waals surface area (Å²) in [5.41, 5.74) is -1.29. The monoisotopic (exact) mass is 285 g/mol. The second-order valence-corrected chi connectivity index (χ2v) is 5.16. The van der Waals surface area contributed by atoms with E-state index in [0.29, 0.717) is 12.0 Å². The molecule has 1 aliphatic carbocycles. The number of carbonyl (C=O) groups excluding carboxylic acids is 1. The zero-order valence-electron chi connectivity index (χ0n) is 11.6. The van der Waals surface area contributed by atoms with Gasteiger partial charge in [0.05, 0.1) is 12.0 Å². The SMILES string of the molecule is N#[N+]/C(C(=O)CC1(O)C=CCCC1)=C(\O)c1ccccc1. The first-order valence-electron chi connectivity index (χ1n) is 6.83. The second-order valence-electron chi connectivity index (χ2n) is 5.16. The Kier molecular flexibility index (Phi) is 4.51. The molecule has 0 bridgehead atoms. The van der Waals surface area contributed by atoms with Gasteiger partial charge in [0, 0.05) is 5.56 Å². The molecule has 0 fully saturated rings. The molecule has 0 aromatic heterocycles. The molecule has 0 saturated carbocycles. The minimum atomic E-state index is -1.23. The second kappa shape index (κ2) is 6.33. The van der Waals surface area contributed by atoms with Crippen molar-refractivity contribution in [2.24, 2.45) is 0 Å². The van der Waals surface area contributed by atoms with Crippen molar-refractivity contribution in [3.63, 3.8) is 0 Å². The lowest BCUT2D eigenvalue weighted by Crippen LogP contribution is -2.31. The topological polar surface area (TPSA) is 85.7 Å². The van der Waals surface area contributed by atoms with E-state index in [-0.39, 0.29) is 6.42 Å². The van der Waals surface area contributed by atoms with Gasteiger partial charge in [-0.15, -0.1) is 0 Å². The Morgan fingerprint density at radius 1 is 1.33 bits per heavy atom. The fourth-order valence-corrected chi connectivity index (χ4v) is 2.39. The minimum absolute atomic E-state index is 0.222. The van der Waals surface area contributed by atoms with E-state index < -0.39 is 22.8 Å². The molecule has 1 atom stereocenters. The summed E-state index contributed by atoms with van der Waals surface area (Å²) in [5, 5.41) is 29.4. The number of aliphatic hydroxyl groups excluding tert-OH is 1. The Morgan fingerprint density at radius 3 is 2.62 bits per heavy atom. The van der Waals surface area contributed by atoms with Crippen LogP contribution in [0.3, 0.4) is 0 Å². The summed E-state index contributed by atoms with van der Waals surface area (Å²) < 4.78 is 0. The first-order valence-corrected chi connectivity index (χ1v) is 6.83. The van der Waals surface area contributed by atoms with Crippen molar-refractivity contribution in [3.8, 4) is 0 Å². The number of rotatable bonds is 4. The maximum atomic E-state index is 12.2. The van der Waals surface area contributed by atoms with Gasteiger partial charge in [-0.2, -0.15) is 0 Å². The van der Waals surface area contributed by atoms with Gasteiger partial charge in [0.2, 0.25) is 11.2 Å². The maximum Gasteiger partial charge on any atom is 0.469 e. The highest BCUT2D eigenvalue weighted by Crippen LogP contribution is 2.28. The number of hydrogen-bond donors (Lipinski definition) is 2. The molecule has 2 rings (SSSR count). The Balaban J connectivity index is 2.25. The Labute approximate surface area is 122 Å². The summed E-state index contributed by atoms with van der Waals surface area (Å²) in [5.74, 6) is -1.00. The number of Topliss-reactive ketones (excluding diaryl/α,β-unsaturated/α-hetero) is 1. The standard InChI is InChI=1S/C16H16N2O3/c17-18-14(15(20)12-7-3-1-4-8-12)13(19)11-16(21)9-5-2-6-10-16/h1,3-5,7-9,21H,2,6,10-11H2/p+1. The number of ketones is 1. The van der Waals surface area contributed by atoms with E-state index >= 15 is 0 Å². The fourth-order valence-electron chi connectivity index (χ4n) is 2.39. The fraction of sp³-hybridized carbons (Fsp3) is 0.312. The molecular weight excluding hydrogens is 268 g/mol. The molecular formula is C16H17N2O3+. The molecule has 0 aliphatic heterocycles. The number of carbonyl (C=O) groups is 1. The summed E-state index contributed by atoms with van der Waals surface area (Å²) >= 11 is 0. The zero-order chi connectivity index (χ0) is 15.3. The number of nitrogens with zero attached hydrogens (tertiary/aromatic N) is 2. The Morgan fingerprint density at radius 2 is 2.05 bits per heavy atom. The third-order valence-corrected chi connectivity index (χ3v) is 3.51. The van der Waals surface area contributed by atoms with Gasteiger partial charge in [-0.1, -0.05) is 42.5 Å². The van der Waals surface area contributed by atoms with Crippen LogP contribution in [0.15, 0.2) is 48.2 Å². The number of benzene rings is 1.